The number of nitrogens with one attached hydrogen (secondary N) is 2. The Hall–Kier alpha value is -2.95. The molecule has 2 aliphatic rings. The van der Waals surface area contributed by atoms with E-state index in [9.17, 15) is 14.4 Å². The first kappa shape index (κ1) is 19.4. The molecule has 11 heteroatoms. The molecule has 0 unspecified atom stereocenters. The Morgan fingerprint density at radius 2 is 2.07 bits per heavy atom. The fourth-order valence-corrected chi connectivity index (χ4v) is 4.39. The minimum Gasteiger partial charge on any atom is -0.322 e. The second kappa shape index (κ2) is 7.82. The predicted octanol–water partition coefficient (Wildman–Crippen LogP) is 1.26. The summed E-state index contributed by atoms with van der Waals surface area (Å²) in [6, 6.07) is 3.10. The number of carbonyl (C=O) groups is 3. The molecule has 2 N–H and O–H groups in total. The van der Waals surface area contributed by atoms with Gasteiger partial charge in [-0.05, 0) is 25.0 Å². The summed E-state index contributed by atoms with van der Waals surface area (Å²) in [4.78, 5) is 41.3. The second-order valence-electron chi connectivity index (χ2n) is 7.14. The molecule has 10 nitrogen and oxygen atoms in total. The fraction of sp³-hybridized carbons (Fsp3) is 0.444. The summed E-state index contributed by atoms with van der Waals surface area (Å²) >= 11 is 1.17. The molecule has 2 aromatic rings. The number of pyridine rings is 1. The van der Waals surface area contributed by atoms with E-state index in [4.69, 9.17) is 0 Å². The third-order valence-electron chi connectivity index (χ3n) is 5.19. The summed E-state index contributed by atoms with van der Waals surface area (Å²) in [5.74, 6) is -0.215. The maximum Gasteiger partial charge on any atom is 0.344 e. The number of aromatic nitrogens is 4. The highest BCUT2D eigenvalue weighted by molar-refractivity contribution is 7.99. The molecule has 1 saturated carbocycles. The van der Waals surface area contributed by atoms with Crippen molar-refractivity contribution in [3.8, 4) is 11.4 Å². The minimum atomic E-state index is -0.863. The molecule has 0 radical (unpaired) electrons. The topological polar surface area (TPSA) is 122 Å². The summed E-state index contributed by atoms with van der Waals surface area (Å²) in [5.41, 5.74) is 2.38. The van der Waals surface area contributed by atoms with E-state index in [1.165, 1.54) is 11.8 Å². The Kier molecular flexibility index (Phi) is 5.22. The molecule has 4 amide bonds. The highest BCUT2D eigenvalue weighted by atomic mass is 32.2. The number of rotatable bonds is 5. The summed E-state index contributed by atoms with van der Waals surface area (Å²) in [6.07, 6.45) is 7.39. The van der Waals surface area contributed by atoms with Crippen LogP contribution in [0.5, 0.6) is 0 Å². The zero-order chi connectivity index (χ0) is 20.4. The number of urea groups is 1. The van der Waals surface area contributed by atoms with Crippen molar-refractivity contribution in [1.29, 1.82) is 0 Å². The number of nitrogens with zero attached hydrogens (tertiary/aromatic N) is 5. The van der Waals surface area contributed by atoms with E-state index in [1.54, 1.807) is 24.0 Å². The molecular formula is C18H21N7O3S. The molecule has 2 aromatic heterocycles. The van der Waals surface area contributed by atoms with Crippen molar-refractivity contribution < 1.29 is 14.4 Å². The maximum absolute atomic E-state index is 12.7. The van der Waals surface area contributed by atoms with E-state index in [-0.39, 0.29) is 11.7 Å². The Labute approximate surface area is 171 Å². The molecule has 29 heavy (non-hydrogen) atoms. The van der Waals surface area contributed by atoms with Gasteiger partial charge in [-0.15, -0.1) is 10.2 Å². The number of hydrazine groups is 1. The number of hydrogen-bond acceptors (Lipinski definition) is 7. The largest absolute Gasteiger partial charge is 0.344 e. The van der Waals surface area contributed by atoms with Gasteiger partial charge in [-0.2, -0.15) is 5.01 Å². The van der Waals surface area contributed by atoms with Crippen molar-refractivity contribution in [2.24, 2.45) is 7.05 Å². The lowest BCUT2D eigenvalue weighted by Gasteiger charge is -2.30. The Bertz CT molecular complexity index is 940. The average Bonchev–Trinajstić information content (AvgIpc) is 3.20. The van der Waals surface area contributed by atoms with Gasteiger partial charge < -0.3 is 9.88 Å². The quantitative estimate of drug-likeness (QED) is 0.557. The Morgan fingerprint density at radius 1 is 1.28 bits per heavy atom. The summed E-state index contributed by atoms with van der Waals surface area (Å²) < 4.78 is 1.76. The van der Waals surface area contributed by atoms with E-state index in [0.717, 1.165) is 29.8 Å². The second-order valence-corrected chi connectivity index (χ2v) is 8.09. The number of hydrogen-bond donors (Lipinski definition) is 2. The lowest BCUT2D eigenvalue weighted by Crippen LogP contribution is -2.51. The first-order valence-corrected chi connectivity index (χ1v) is 10.4. The van der Waals surface area contributed by atoms with Crippen molar-refractivity contribution >= 4 is 29.6 Å². The summed E-state index contributed by atoms with van der Waals surface area (Å²) in [7, 11) is 1.80. The standard InChI is InChI=1S/C18H21N7O3S/c1-24-14(12-6-5-9-19-10-12)21-22-17(24)29-11-13(26)23-25-15(27)18(20-16(25)28)7-3-2-4-8-18/h5-6,9-10H,2-4,7-8,11H2,1H3,(H,20,28)(H,23,26). The van der Waals surface area contributed by atoms with Gasteiger partial charge in [-0.25, -0.2) is 4.79 Å². The van der Waals surface area contributed by atoms with Crippen LogP contribution in [-0.2, 0) is 16.6 Å². The summed E-state index contributed by atoms with van der Waals surface area (Å²) in [5, 5.41) is 12.4. The van der Waals surface area contributed by atoms with Gasteiger partial charge in [0.2, 0.25) is 5.91 Å². The van der Waals surface area contributed by atoms with E-state index in [2.05, 4.69) is 25.9 Å². The van der Waals surface area contributed by atoms with Gasteiger partial charge in [0.1, 0.15) is 5.54 Å². The van der Waals surface area contributed by atoms with Crippen LogP contribution in [0, 0.1) is 0 Å². The van der Waals surface area contributed by atoms with Crippen molar-refractivity contribution in [2.45, 2.75) is 42.8 Å². The van der Waals surface area contributed by atoms with Gasteiger partial charge in [-0.3, -0.25) is 20.0 Å². The Balaban J connectivity index is 1.37. The van der Waals surface area contributed by atoms with Gasteiger partial charge in [0.25, 0.3) is 5.91 Å². The minimum absolute atomic E-state index is 0.0108. The van der Waals surface area contributed by atoms with Crippen molar-refractivity contribution in [3.63, 3.8) is 0 Å². The SMILES string of the molecule is Cn1c(SCC(=O)NN2C(=O)NC3(CCCCC3)C2=O)nnc1-c1cccnc1. The van der Waals surface area contributed by atoms with E-state index in [0.29, 0.717) is 23.8 Å². The smallest absolute Gasteiger partial charge is 0.322 e. The van der Waals surface area contributed by atoms with Crippen LogP contribution in [0.2, 0.25) is 0 Å². The van der Waals surface area contributed by atoms with Crippen LogP contribution < -0.4 is 10.7 Å². The van der Waals surface area contributed by atoms with E-state index in [1.807, 2.05) is 12.1 Å². The van der Waals surface area contributed by atoms with Crippen molar-refractivity contribution in [3.05, 3.63) is 24.5 Å². The van der Waals surface area contributed by atoms with Crippen LogP contribution in [0.3, 0.4) is 0 Å². The Morgan fingerprint density at radius 3 is 2.79 bits per heavy atom. The normalized spacial score (nSPS) is 18.2. The zero-order valence-corrected chi connectivity index (χ0v) is 16.7. The monoisotopic (exact) mass is 415 g/mol. The molecule has 4 rings (SSSR count). The molecule has 152 valence electrons. The molecule has 1 spiro atoms. The van der Waals surface area contributed by atoms with Gasteiger partial charge >= 0.3 is 6.03 Å². The molecule has 1 saturated heterocycles. The lowest BCUT2D eigenvalue weighted by atomic mass is 9.82. The molecule has 0 bridgehead atoms. The zero-order valence-electron chi connectivity index (χ0n) is 15.9. The van der Waals surface area contributed by atoms with Crippen LogP contribution in [0.4, 0.5) is 4.79 Å². The lowest BCUT2D eigenvalue weighted by molar-refractivity contribution is -0.139. The highest BCUT2D eigenvalue weighted by Gasteiger charge is 2.52. The number of thioether (sulfide) groups is 1. The predicted molar refractivity (Wildman–Crippen MR) is 104 cm³/mol. The molecule has 1 aliphatic heterocycles. The van der Waals surface area contributed by atoms with Crippen LogP contribution in [0.1, 0.15) is 32.1 Å². The molecular weight excluding hydrogens is 394 g/mol. The average molecular weight is 415 g/mol. The van der Waals surface area contributed by atoms with Gasteiger partial charge in [0.15, 0.2) is 11.0 Å². The number of carbonyl (C=O) groups excluding carboxylic acids is 3. The molecule has 0 aromatic carbocycles. The van der Waals surface area contributed by atoms with Gasteiger partial charge in [0.05, 0.1) is 5.75 Å². The highest BCUT2D eigenvalue weighted by Crippen LogP contribution is 2.33. The van der Waals surface area contributed by atoms with Crippen LogP contribution in [-0.4, -0.2) is 53.9 Å². The molecule has 1 aliphatic carbocycles. The first-order chi connectivity index (χ1) is 14.0. The van der Waals surface area contributed by atoms with E-state index < -0.39 is 17.5 Å². The number of imide groups is 1. The fourth-order valence-electron chi connectivity index (χ4n) is 3.69. The van der Waals surface area contributed by atoms with Crippen molar-refractivity contribution in [2.75, 3.05) is 5.75 Å². The van der Waals surface area contributed by atoms with Crippen LogP contribution in [0.15, 0.2) is 29.7 Å². The maximum atomic E-state index is 12.7. The molecule has 2 fully saturated rings. The third-order valence-corrected chi connectivity index (χ3v) is 6.21. The third kappa shape index (κ3) is 3.69. The van der Waals surface area contributed by atoms with Crippen molar-refractivity contribution in [1.82, 2.24) is 35.5 Å². The van der Waals surface area contributed by atoms with Crippen LogP contribution in [0.25, 0.3) is 11.4 Å². The molecule has 0 atom stereocenters. The van der Waals surface area contributed by atoms with E-state index >= 15 is 0 Å². The first-order valence-electron chi connectivity index (χ1n) is 9.39. The number of amides is 4. The molecule has 3 heterocycles. The van der Waals surface area contributed by atoms with Gasteiger partial charge in [0, 0.05) is 25.0 Å². The van der Waals surface area contributed by atoms with Crippen LogP contribution >= 0.6 is 11.8 Å². The van der Waals surface area contributed by atoms with Gasteiger partial charge in [-0.1, -0.05) is 31.0 Å². The summed E-state index contributed by atoms with van der Waals surface area (Å²) in [6.45, 7) is 0.